The van der Waals surface area contributed by atoms with E-state index in [1.807, 2.05) is 18.4 Å². The lowest BCUT2D eigenvalue weighted by Gasteiger charge is -2.16. The minimum atomic E-state index is -3.56. The van der Waals surface area contributed by atoms with Gasteiger partial charge in [0.05, 0.1) is 15.1 Å². The molecule has 1 amide bonds. The van der Waals surface area contributed by atoms with Gasteiger partial charge in [-0.05, 0) is 68.7 Å². The van der Waals surface area contributed by atoms with Crippen molar-refractivity contribution in [3.63, 3.8) is 0 Å². The van der Waals surface area contributed by atoms with Crippen molar-refractivity contribution in [2.24, 2.45) is 4.99 Å². The molecule has 3 rings (SSSR count). The Labute approximate surface area is 187 Å². The maximum Gasteiger partial charge on any atom is 0.279 e. The first-order chi connectivity index (χ1) is 14.7. The van der Waals surface area contributed by atoms with Crippen LogP contribution >= 0.6 is 11.3 Å². The summed E-state index contributed by atoms with van der Waals surface area (Å²) >= 11 is 1.50. The number of nitrogens with zero attached hydrogens (tertiary/aromatic N) is 3. The molecule has 0 spiro atoms. The second-order valence-corrected chi connectivity index (χ2v) is 10.7. The highest BCUT2D eigenvalue weighted by Crippen LogP contribution is 2.23. The van der Waals surface area contributed by atoms with E-state index in [0.29, 0.717) is 23.5 Å². The number of thiazole rings is 1. The van der Waals surface area contributed by atoms with Gasteiger partial charge in [-0.1, -0.05) is 30.7 Å². The predicted octanol–water partition coefficient (Wildman–Crippen LogP) is 4.50. The van der Waals surface area contributed by atoms with E-state index in [0.717, 1.165) is 28.6 Å². The molecule has 0 aliphatic heterocycles. The van der Waals surface area contributed by atoms with Gasteiger partial charge in [-0.25, -0.2) is 12.7 Å². The van der Waals surface area contributed by atoms with Crippen molar-refractivity contribution in [3.05, 3.63) is 57.9 Å². The van der Waals surface area contributed by atoms with Crippen molar-refractivity contribution < 1.29 is 13.2 Å². The van der Waals surface area contributed by atoms with Gasteiger partial charge in [0.15, 0.2) is 4.80 Å². The van der Waals surface area contributed by atoms with Crippen molar-refractivity contribution in [3.8, 4) is 0 Å². The van der Waals surface area contributed by atoms with E-state index in [2.05, 4.69) is 31.0 Å². The van der Waals surface area contributed by atoms with Crippen LogP contribution < -0.4 is 4.80 Å². The summed E-state index contributed by atoms with van der Waals surface area (Å²) in [6.45, 7) is 9.34. The largest absolute Gasteiger partial charge is 0.317 e. The molecule has 0 radical (unpaired) electrons. The monoisotopic (exact) mass is 459 g/mol. The number of hydrogen-bond donors (Lipinski definition) is 0. The molecule has 1 heterocycles. The number of fused-ring (bicyclic) bond motifs is 1. The van der Waals surface area contributed by atoms with Crippen LogP contribution in [-0.4, -0.2) is 36.8 Å². The Balaban J connectivity index is 1.94. The van der Waals surface area contributed by atoms with Crippen molar-refractivity contribution in [2.45, 2.75) is 52.0 Å². The molecule has 0 unspecified atom stereocenters. The van der Waals surface area contributed by atoms with Crippen molar-refractivity contribution in [1.29, 1.82) is 0 Å². The molecule has 31 heavy (non-hydrogen) atoms. The number of carbonyl (C=O) groups excluding carboxylic acids is 1. The van der Waals surface area contributed by atoms with Crippen LogP contribution in [0.15, 0.2) is 46.3 Å². The van der Waals surface area contributed by atoms with Crippen molar-refractivity contribution >= 4 is 37.5 Å². The Morgan fingerprint density at radius 1 is 1.13 bits per heavy atom. The van der Waals surface area contributed by atoms with Crippen LogP contribution in [0, 0.1) is 13.8 Å². The van der Waals surface area contributed by atoms with Gasteiger partial charge in [-0.3, -0.25) is 4.79 Å². The minimum absolute atomic E-state index is 0.180. The fourth-order valence-electron chi connectivity index (χ4n) is 3.51. The highest BCUT2D eigenvalue weighted by molar-refractivity contribution is 7.89. The molecule has 0 bridgehead atoms. The van der Waals surface area contributed by atoms with Crippen LogP contribution in [0.1, 0.15) is 48.2 Å². The minimum Gasteiger partial charge on any atom is -0.317 e. The van der Waals surface area contributed by atoms with Gasteiger partial charge in [-0.15, -0.1) is 0 Å². The highest BCUT2D eigenvalue weighted by Gasteiger charge is 2.20. The van der Waals surface area contributed by atoms with E-state index >= 15 is 0 Å². The highest BCUT2D eigenvalue weighted by atomic mass is 32.2. The first kappa shape index (κ1) is 23.4. The quantitative estimate of drug-likeness (QED) is 0.522. The van der Waals surface area contributed by atoms with Crippen LogP contribution in [0.5, 0.6) is 0 Å². The van der Waals surface area contributed by atoms with Gasteiger partial charge in [0, 0.05) is 25.7 Å². The molecular formula is C23H29N3O3S2. The number of sulfonamides is 1. The zero-order chi connectivity index (χ0) is 22.8. The van der Waals surface area contributed by atoms with Crippen molar-refractivity contribution in [1.82, 2.24) is 8.87 Å². The Bertz CT molecular complexity index is 1270. The third-order valence-corrected chi connectivity index (χ3v) is 8.36. The van der Waals surface area contributed by atoms with Gasteiger partial charge in [0.25, 0.3) is 5.91 Å². The molecule has 0 atom stereocenters. The van der Waals surface area contributed by atoms with Crippen LogP contribution in [0.2, 0.25) is 0 Å². The molecule has 166 valence electrons. The molecule has 2 aromatic carbocycles. The normalized spacial score (nSPS) is 12.8. The number of rotatable bonds is 7. The molecule has 8 heteroatoms. The number of benzene rings is 2. The third-order valence-electron chi connectivity index (χ3n) is 5.26. The van der Waals surface area contributed by atoms with Crippen LogP contribution in [0.25, 0.3) is 10.2 Å². The van der Waals surface area contributed by atoms with Crippen LogP contribution in [0.3, 0.4) is 0 Å². The summed E-state index contributed by atoms with van der Waals surface area (Å²) in [5.74, 6) is -0.383. The van der Waals surface area contributed by atoms with E-state index < -0.39 is 10.0 Å². The average molecular weight is 460 g/mol. The van der Waals surface area contributed by atoms with E-state index in [-0.39, 0.29) is 10.8 Å². The Morgan fingerprint density at radius 3 is 2.42 bits per heavy atom. The first-order valence-corrected chi connectivity index (χ1v) is 12.7. The molecule has 0 fully saturated rings. The van der Waals surface area contributed by atoms with E-state index in [9.17, 15) is 13.2 Å². The number of aromatic nitrogens is 1. The predicted molar refractivity (Wildman–Crippen MR) is 126 cm³/mol. The SMILES string of the molecule is CCCCN(C)S(=O)(=O)c1ccc(C(=O)N=c2sc3c(C)cc(C)cc3n2CC)cc1. The lowest BCUT2D eigenvalue weighted by atomic mass is 10.1. The fraction of sp³-hybridized carbons (Fsp3) is 0.391. The molecule has 0 aliphatic carbocycles. The summed E-state index contributed by atoms with van der Waals surface area (Å²) in [5, 5.41) is 0. The van der Waals surface area contributed by atoms with Gasteiger partial charge >= 0.3 is 0 Å². The summed E-state index contributed by atoms with van der Waals surface area (Å²) in [5.41, 5.74) is 3.78. The smallest absolute Gasteiger partial charge is 0.279 e. The van der Waals surface area contributed by atoms with Gasteiger partial charge in [-0.2, -0.15) is 4.99 Å². The first-order valence-electron chi connectivity index (χ1n) is 10.4. The van der Waals surface area contributed by atoms with E-state index in [1.54, 1.807) is 7.05 Å². The standard InChI is InChI=1S/C23H29N3O3S2/c1-6-8-13-25(5)31(28,29)19-11-9-18(10-12-19)22(27)24-23-26(7-2)20-15-16(3)14-17(4)21(20)30-23/h9-12,14-15H,6-8,13H2,1-5H3. The topological polar surface area (TPSA) is 71.7 Å². The fourth-order valence-corrected chi connectivity index (χ4v) is 5.86. The van der Waals surface area contributed by atoms with Crippen molar-refractivity contribution in [2.75, 3.05) is 13.6 Å². The maximum absolute atomic E-state index is 12.8. The molecule has 3 aromatic rings. The number of amides is 1. The number of aryl methyl sites for hydroxylation is 3. The summed E-state index contributed by atoms with van der Waals surface area (Å²) in [4.78, 5) is 18.0. The van der Waals surface area contributed by atoms with Gasteiger partial charge in [0.1, 0.15) is 0 Å². The average Bonchev–Trinajstić information content (AvgIpc) is 3.09. The van der Waals surface area contributed by atoms with Crippen LogP contribution in [-0.2, 0) is 16.6 Å². The molecular weight excluding hydrogens is 430 g/mol. The van der Waals surface area contributed by atoms with E-state index in [1.165, 1.54) is 45.5 Å². The maximum atomic E-state index is 12.8. The molecule has 0 saturated carbocycles. The summed E-state index contributed by atoms with van der Waals surface area (Å²) in [6, 6.07) is 10.3. The number of unbranched alkanes of at least 4 members (excludes halogenated alkanes) is 1. The second-order valence-electron chi connectivity index (χ2n) is 7.68. The van der Waals surface area contributed by atoms with E-state index in [4.69, 9.17) is 0 Å². The summed E-state index contributed by atoms with van der Waals surface area (Å²) in [7, 11) is -1.98. The molecule has 0 saturated heterocycles. The van der Waals surface area contributed by atoms with Gasteiger partial charge in [0.2, 0.25) is 10.0 Å². The third kappa shape index (κ3) is 4.81. The second kappa shape index (κ2) is 9.46. The zero-order valence-corrected chi connectivity index (χ0v) is 20.3. The Kier molecular flexibility index (Phi) is 7.13. The Hall–Kier alpha value is -2.29. The molecule has 6 nitrogen and oxygen atoms in total. The number of hydrogen-bond acceptors (Lipinski definition) is 4. The lowest BCUT2D eigenvalue weighted by molar-refractivity contribution is 0.0997. The van der Waals surface area contributed by atoms with Crippen LogP contribution in [0.4, 0.5) is 0 Å². The molecule has 0 aliphatic rings. The molecule has 1 aromatic heterocycles. The number of carbonyl (C=O) groups is 1. The zero-order valence-electron chi connectivity index (χ0n) is 18.7. The molecule has 0 N–H and O–H groups in total. The lowest BCUT2D eigenvalue weighted by Crippen LogP contribution is -2.27. The van der Waals surface area contributed by atoms with Gasteiger partial charge < -0.3 is 4.57 Å². The summed E-state index contributed by atoms with van der Waals surface area (Å²) < 4.78 is 29.8. The Morgan fingerprint density at radius 2 is 1.81 bits per heavy atom. The summed E-state index contributed by atoms with van der Waals surface area (Å²) in [6.07, 6.45) is 1.72.